The molecule has 9 heteroatoms. The summed E-state index contributed by atoms with van der Waals surface area (Å²) < 4.78 is 0. The molecular formula is C22H24ClN7O. The number of hydrogen-bond donors (Lipinski definition) is 2. The van der Waals surface area contributed by atoms with Gasteiger partial charge in [0.15, 0.2) is 11.6 Å². The van der Waals surface area contributed by atoms with E-state index in [-0.39, 0.29) is 6.03 Å². The van der Waals surface area contributed by atoms with Crippen molar-refractivity contribution in [3.63, 3.8) is 0 Å². The lowest BCUT2D eigenvalue weighted by Crippen LogP contribution is -2.50. The maximum absolute atomic E-state index is 12.6. The quantitative estimate of drug-likeness (QED) is 0.634. The summed E-state index contributed by atoms with van der Waals surface area (Å²) in [6.07, 6.45) is 1.80. The first-order valence-electron chi connectivity index (χ1n) is 10.1. The molecule has 0 unspecified atom stereocenters. The van der Waals surface area contributed by atoms with Crippen LogP contribution in [0.2, 0.25) is 5.02 Å². The maximum Gasteiger partial charge on any atom is 0.321 e. The standard InChI is InChI=1S/C22H24ClN7O/c1-15-6-7-19(24-14-15)26-20-8-9-21(28-27-20)29-10-12-30(13-11-29)22(31)25-18-5-3-4-17(23)16(18)2/h3-9,14H,10-13H2,1-2H3,(H,25,31)(H,24,26,27). The number of nitrogens with zero attached hydrogens (tertiary/aromatic N) is 5. The van der Waals surface area contributed by atoms with E-state index in [1.165, 1.54) is 0 Å². The normalized spacial score (nSPS) is 13.8. The van der Waals surface area contributed by atoms with Crippen molar-refractivity contribution >= 4 is 40.8 Å². The van der Waals surface area contributed by atoms with Gasteiger partial charge in [0.05, 0.1) is 0 Å². The Morgan fingerprint density at radius 3 is 2.42 bits per heavy atom. The van der Waals surface area contributed by atoms with Crippen LogP contribution in [0.25, 0.3) is 0 Å². The number of carbonyl (C=O) groups is 1. The van der Waals surface area contributed by atoms with Gasteiger partial charge < -0.3 is 20.4 Å². The van der Waals surface area contributed by atoms with Crippen LogP contribution >= 0.6 is 11.6 Å². The molecule has 1 fully saturated rings. The molecule has 1 aromatic carbocycles. The highest BCUT2D eigenvalue weighted by molar-refractivity contribution is 6.31. The molecule has 0 atom stereocenters. The summed E-state index contributed by atoms with van der Waals surface area (Å²) in [6, 6.07) is 13.1. The lowest BCUT2D eigenvalue weighted by molar-refractivity contribution is 0.208. The monoisotopic (exact) mass is 437 g/mol. The number of rotatable bonds is 4. The van der Waals surface area contributed by atoms with Crippen molar-refractivity contribution in [2.45, 2.75) is 13.8 Å². The van der Waals surface area contributed by atoms with Gasteiger partial charge in [-0.25, -0.2) is 9.78 Å². The summed E-state index contributed by atoms with van der Waals surface area (Å²) in [6.45, 7) is 6.45. The van der Waals surface area contributed by atoms with Crippen LogP contribution in [0.15, 0.2) is 48.7 Å². The van der Waals surface area contributed by atoms with E-state index < -0.39 is 0 Å². The molecule has 31 heavy (non-hydrogen) atoms. The number of pyridine rings is 1. The highest BCUT2D eigenvalue weighted by Gasteiger charge is 2.22. The molecule has 4 rings (SSSR count). The number of urea groups is 1. The van der Waals surface area contributed by atoms with Crippen LogP contribution in [0, 0.1) is 13.8 Å². The molecule has 1 aliphatic rings. The average molecular weight is 438 g/mol. The Morgan fingerprint density at radius 1 is 0.968 bits per heavy atom. The number of aromatic nitrogens is 3. The van der Waals surface area contributed by atoms with Crippen LogP contribution in [0.5, 0.6) is 0 Å². The van der Waals surface area contributed by atoms with Crippen LogP contribution in [-0.2, 0) is 0 Å². The van der Waals surface area contributed by atoms with Crippen molar-refractivity contribution in [1.82, 2.24) is 20.1 Å². The van der Waals surface area contributed by atoms with Crippen LogP contribution in [-0.4, -0.2) is 52.3 Å². The van der Waals surface area contributed by atoms with Crippen LogP contribution in [0.1, 0.15) is 11.1 Å². The third-order valence-corrected chi connectivity index (χ3v) is 5.63. The molecule has 2 aromatic heterocycles. The second-order valence-corrected chi connectivity index (χ2v) is 7.85. The Hall–Kier alpha value is -3.39. The fourth-order valence-electron chi connectivity index (χ4n) is 3.31. The fraction of sp³-hybridized carbons (Fsp3) is 0.273. The van der Waals surface area contributed by atoms with Gasteiger partial charge in [0.1, 0.15) is 5.82 Å². The summed E-state index contributed by atoms with van der Waals surface area (Å²) in [7, 11) is 0. The first-order valence-corrected chi connectivity index (χ1v) is 10.5. The summed E-state index contributed by atoms with van der Waals surface area (Å²) in [5.74, 6) is 2.14. The minimum atomic E-state index is -0.124. The molecule has 1 aliphatic heterocycles. The number of nitrogens with one attached hydrogen (secondary N) is 2. The summed E-state index contributed by atoms with van der Waals surface area (Å²) in [5.41, 5.74) is 2.69. The zero-order chi connectivity index (χ0) is 21.8. The second-order valence-electron chi connectivity index (χ2n) is 7.44. The largest absolute Gasteiger partial charge is 0.352 e. The minimum absolute atomic E-state index is 0.124. The van der Waals surface area contributed by atoms with Crippen molar-refractivity contribution in [3.8, 4) is 0 Å². The van der Waals surface area contributed by atoms with Gasteiger partial charge in [0, 0.05) is 43.1 Å². The van der Waals surface area contributed by atoms with Crippen LogP contribution in [0.3, 0.4) is 0 Å². The lowest BCUT2D eigenvalue weighted by atomic mass is 10.2. The van der Waals surface area contributed by atoms with Crippen molar-refractivity contribution in [1.29, 1.82) is 0 Å². The van der Waals surface area contributed by atoms with Gasteiger partial charge in [-0.2, -0.15) is 0 Å². The summed E-state index contributed by atoms with van der Waals surface area (Å²) in [5, 5.41) is 15.3. The van der Waals surface area contributed by atoms with Crippen LogP contribution < -0.4 is 15.5 Å². The smallest absolute Gasteiger partial charge is 0.321 e. The van der Waals surface area contributed by atoms with E-state index in [2.05, 4.69) is 30.7 Å². The van der Waals surface area contributed by atoms with E-state index in [4.69, 9.17) is 11.6 Å². The van der Waals surface area contributed by atoms with Crippen molar-refractivity contribution < 1.29 is 4.79 Å². The summed E-state index contributed by atoms with van der Waals surface area (Å²) in [4.78, 5) is 20.9. The molecule has 0 radical (unpaired) electrons. The van der Waals surface area contributed by atoms with Gasteiger partial charge in [0.25, 0.3) is 0 Å². The van der Waals surface area contributed by atoms with Gasteiger partial charge in [-0.3, -0.25) is 0 Å². The summed E-state index contributed by atoms with van der Waals surface area (Å²) >= 11 is 6.14. The van der Waals surface area contributed by atoms with Gasteiger partial charge >= 0.3 is 6.03 Å². The molecule has 0 saturated carbocycles. The minimum Gasteiger partial charge on any atom is -0.352 e. The lowest BCUT2D eigenvalue weighted by Gasteiger charge is -2.35. The first-order chi connectivity index (χ1) is 15.0. The molecule has 1 saturated heterocycles. The zero-order valence-corrected chi connectivity index (χ0v) is 18.2. The first kappa shape index (κ1) is 20.9. The van der Waals surface area contributed by atoms with Crippen molar-refractivity contribution in [2.75, 3.05) is 41.7 Å². The Labute approximate surface area is 186 Å². The van der Waals surface area contributed by atoms with E-state index in [0.29, 0.717) is 37.0 Å². The van der Waals surface area contributed by atoms with E-state index in [1.807, 2.05) is 56.3 Å². The van der Waals surface area contributed by atoms with E-state index in [9.17, 15) is 4.79 Å². The Bertz CT molecular complexity index is 1050. The number of piperazine rings is 1. The third kappa shape index (κ3) is 5.03. The number of aryl methyl sites for hydroxylation is 1. The molecular weight excluding hydrogens is 414 g/mol. The van der Waals surface area contributed by atoms with Gasteiger partial charge in [-0.05, 0) is 55.3 Å². The highest BCUT2D eigenvalue weighted by atomic mass is 35.5. The molecule has 160 valence electrons. The van der Waals surface area contributed by atoms with Gasteiger partial charge in [-0.15, -0.1) is 10.2 Å². The predicted molar refractivity (Wildman–Crippen MR) is 123 cm³/mol. The molecule has 0 spiro atoms. The van der Waals surface area contributed by atoms with Gasteiger partial charge in [-0.1, -0.05) is 23.7 Å². The molecule has 2 N–H and O–H groups in total. The highest BCUT2D eigenvalue weighted by Crippen LogP contribution is 2.23. The topological polar surface area (TPSA) is 86.3 Å². The number of benzene rings is 1. The third-order valence-electron chi connectivity index (χ3n) is 5.22. The number of anilines is 4. The SMILES string of the molecule is Cc1ccc(Nc2ccc(N3CCN(C(=O)Nc4cccc(Cl)c4C)CC3)nn2)nc1. The maximum atomic E-state index is 12.6. The molecule has 0 bridgehead atoms. The molecule has 3 heterocycles. The zero-order valence-electron chi connectivity index (χ0n) is 17.5. The van der Waals surface area contributed by atoms with Crippen molar-refractivity contribution in [3.05, 3.63) is 64.8 Å². The second kappa shape index (κ2) is 9.18. The fourth-order valence-corrected chi connectivity index (χ4v) is 3.48. The Kier molecular flexibility index (Phi) is 6.18. The predicted octanol–water partition coefficient (Wildman–Crippen LogP) is 4.24. The van der Waals surface area contributed by atoms with E-state index in [0.717, 1.165) is 28.5 Å². The number of halogens is 1. The molecule has 2 amide bonds. The molecule has 0 aliphatic carbocycles. The Morgan fingerprint density at radius 2 is 1.74 bits per heavy atom. The van der Waals surface area contributed by atoms with E-state index in [1.54, 1.807) is 11.1 Å². The average Bonchev–Trinajstić information content (AvgIpc) is 2.79. The van der Waals surface area contributed by atoms with Crippen LogP contribution in [0.4, 0.5) is 27.9 Å². The van der Waals surface area contributed by atoms with Crippen molar-refractivity contribution in [2.24, 2.45) is 0 Å². The Balaban J connectivity index is 1.31. The number of hydrogen-bond acceptors (Lipinski definition) is 6. The molecule has 8 nitrogen and oxygen atoms in total. The number of amides is 2. The molecule has 3 aromatic rings. The van der Waals surface area contributed by atoms with E-state index >= 15 is 0 Å². The van der Waals surface area contributed by atoms with Gasteiger partial charge in [0.2, 0.25) is 0 Å². The number of carbonyl (C=O) groups excluding carboxylic acids is 1.